The van der Waals surface area contributed by atoms with Gasteiger partial charge in [-0.25, -0.2) is 4.98 Å². The van der Waals surface area contributed by atoms with Crippen LogP contribution in [0.3, 0.4) is 0 Å². The molecule has 1 heterocycles. The average Bonchev–Trinajstić information content (AvgIpc) is 2.69. The summed E-state index contributed by atoms with van der Waals surface area (Å²) in [7, 11) is 3.36. The van der Waals surface area contributed by atoms with Crippen LogP contribution >= 0.6 is 11.3 Å². The van der Waals surface area contributed by atoms with Crippen LogP contribution in [0.2, 0.25) is 0 Å². The van der Waals surface area contributed by atoms with Gasteiger partial charge in [-0.05, 0) is 19.1 Å². The van der Waals surface area contributed by atoms with E-state index in [4.69, 9.17) is 9.47 Å². The standard InChI is InChI=1S/C12H16N2O2S/c1-8(7-15-2)13-12-14-10-6-9(16-3)4-5-11(10)17-12/h4-6,8H,7H2,1-3H3,(H,13,14). The number of methoxy groups -OCH3 is 2. The molecule has 1 unspecified atom stereocenters. The van der Waals surface area contributed by atoms with Crippen LogP contribution in [0.25, 0.3) is 10.2 Å². The van der Waals surface area contributed by atoms with Crippen LogP contribution in [0, 0.1) is 0 Å². The molecular weight excluding hydrogens is 236 g/mol. The van der Waals surface area contributed by atoms with Crippen LogP contribution in [0.4, 0.5) is 5.13 Å². The Morgan fingerprint density at radius 3 is 2.94 bits per heavy atom. The fourth-order valence-corrected chi connectivity index (χ4v) is 2.56. The molecular formula is C12H16N2O2S. The fraction of sp³-hybridized carbons (Fsp3) is 0.417. The highest BCUT2D eigenvalue weighted by Gasteiger charge is 2.07. The molecule has 0 spiro atoms. The van der Waals surface area contributed by atoms with Crippen molar-refractivity contribution in [2.24, 2.45) is 0 Å². The van der Waals surface area contributed by atoms with Gasteiger partial charge < -0.3 is 14.8 Å². The number of nitrogens with zero attached hydrogens (tertiary/aromatic N) is 1. The highest BCUT2D eigenvalue weighted by Crippen LogP contribution is 2.29. The second kappa shape index (κ2) is 5.33. The molecule has 1 N–H and O–H groups in total. The summed E-state index contributed by atoms with van der Waals surface area (Å²) in [5.74, 6) is 0.833. The van der Waals surface area contributed by atoms with Gasteiger partial charge in [0.15, 0.2) is 5.13 Å². The van der Waals surface area contributed by atoms with Gasteiger partial charge in [-0.1, -0.05) is 11.3 Å². The van der Waals surface area contributed by atoms with Gasteiger partial charge in [-0.15, -0.1) is 0 Å². The summed E-state index contributed by atoms with van der Waals surface area (Å²) >= 11 is 1.64. The average molecular weight is 252 g/mol. The van der Waals surface area contributed by atoms with Crippen LogP contribution in [0.15, 0.2) is 18.2 Å². The molecule has 0 bridgehead atoms. The minimum Gasteiger partial charge on any atom is -0.497 e. The first-order valence-electron chi connectivity index (χ1n) is 5.43. The van der Waals surface area contributed by atoms with Crippen LogP contribution < -0.4 is 10.1 Å². The molecule has 0 aliphatic carbocycles. The van der Waals surface area contributed by atoms with E-state index in [1.54, 1.807) is 25.6 Å². The largest absolute Gasteiger partial charge is 0.497 e. The zero-order valence-electron chi connectivity index (χ0n) is 10.2. The third-order valence-electron chi connectivity index (χ3n) is 2.38. The second-order valence-electron chi connectivity index (χ2n) is 3.85. The SMILES string of the molecule is COCC(C)Nc1nc2cc(OC)ccc2s1. The normalized spacial score (nSPS) is 12.6. The number of hydrogen-bond acceptors (Lipinski definition) is 5. The highest BCUT2D eigenvalue weighted by atomic mass is 32.1. The summed E-state index contributed by atoms with van der Waals surface area (Å²) in [5, 5.41) is 4.23. The van der Waals surface area contributed by atoms with Crippen molar-refractivity contribution in [1.82, 2.24) is 4.98 Å². The summed E-state index contributed by atoms with van der Waals surface area (Å²) in [6, 6.07) is 6.17. The molecule has 0 saturated carbocycles. The lowest BCUT2D eigenvalue weighted by atomic mass is 10.3. The van der Waals surface area contributed by atoms with Crippen molar-refractivity contribution in [3.63, 3.8) is 0 Å². The zero-order valence-corrected chi connectivity index (χ0v) is 11.0. The van der Waals surface area contributed by atoms with Gasteiger partial charge >= 0.3 is 0 Å². The Hall–Kier alpha value is -1.33. The van der Waals surface area contributed by atoms with Crippen LogP contribution in [-0.4, -0.2) is 31.9 Å². The lowest BCUT2D eigenvalue weighted by Crippen LogP contribution is -2.20. The molecule has 2 rings (SSSR count). The lowest BCUT2D eigenvalue weighted by molar-refractivity contribution is 0.190. The fourth-order valence-electron chi connectivity index (χ4n) is 1.60. The Balaban J connectivity index is 2.19. The van der Waals surface area contributed by atoms with E-state index in [1.165, 1.54) is 0 Å². The lowest BCUT2D eigenvalue weighted by Gasteiger charge is -2.10. The molecule has 0 saturated heterocycles. The zero-order chi connectivity index (χ0) is 12.3. The summed E-state index contributed by atoms with van der Waals surface area (Å²) in [6.07, 6.45) is 0. The predicted molar refractivity (Wildman–Crippen MR) is 71.1 cm³/mol. The summed E-state index contributed by atoms with van der Waals surface area (Å²) in [5.41, 5.74) is 0.960. The first-order valence-corrected chi connectivity index (χ1v) is 6.24. The number of nitrogens with one attached hydrogen (secondary N) is 1. The van der Waals surface area contributed by atoms with Gasteiger partial charge in [-0.3, -0.25) is 0 Å². The van der Waals surface area contributed by atoms with Crippen molar-refractivity contribution in [1.29, 1.82) is 0 Å². The van der Waals surface area contributed by atoms with Crippen molar-refractivity contribution in [3.8, 4) is 5.75 Å². The van der Waals surface area contributed by atoms with Gasteiger partial charge in [-0.2, -0.15) is 0 Å². The van der Waals surface area contributed by atoms with Gasteiger partial charge in [0.25, 0.3) is 0 Å². The second-order valence-corrected chi connectivity index (χ2v) is 4.88. The Morgan fingerprint density at radius 2 is 2.24 bits per heavy atom. The first kappa shape index (κ1) is 12.1. The number of fused-ring (bicyclic) bond motifs is 1. The Kier molecular flexibility index (Phi) is 3.81. The number of thiazole rings is 1. The molecule has 0 radical (unpaired) electrons. The quantitative estimate of drug-likeness (QED) is 0.888. The Labute approximate surface area is 105 Å². The Morgan fingerprint density at radius 1 is 1.41 bits per heavy atom. The topological polar surface area (TPSA) is 43.4 Å². The van der Waals surface area contributed by atoms with E-state index in [-0.39, 0.29) is 6.04 Å². The van der Waals surface area contributed by atoms with Crippen molar-refractivity contribution in [3.05, 3.63) is 18.2 Å². The van der Waals surface area contributed by atoms with E-state index >= 15 is 0 Å². The van der Waals surface area contributed by atoms with Crippen molar-refractivity contribution in [2.75, 3.05) is 26.1 Å². The summed E-state index contributed by atoms with van der Waals surface area (Å²) < 4.78 is 11.4. The number of anilines is 1. The number of hydrogen-bond donors (Lipinski definition) is 1. The molecule has 2 aromatic rings. The van der Waals surface area contributed by atoms with Gasteiger partial charge in [0.05, 0.1) is 23.9 Å². The van der Waals surface area contributed by atoms with E-state index < -0.39 is 0 Å². The van der Waals surface area contributed by atoms with Gasteiger partial charge in [0.2, 0.25) is 0 Å². The molecule has 5 heteroatoms. The van der Waals surface area contributed by atoms with Gasteiger partial charge in [0, 0.05) is 19.2 Å². The molecule has 92 valence electrons. The van der Waals surface area contributed by atoms with Crippen molar-refractivity contribution in [2.45, 2.75) is 13.0 Å². The molecule has 1 atom stereocenters. The maximum atomic E-state index is 5.18. The molecule has 0 amide bonds. The number of aromatic nitrogens is 1. The predicted octanol–water partition coefficient (Wildman–Crippen LogP) is 2.75. The Bertz CT molecular complexity index is 498. The van der Waals surface area contributed by atoms with E-state index in [9.17, 15) is 0 Å². The van der Waals surface area contributed by atoms with Crippen LogP contribution in [0.1, 0.15) is 6.92 Å². The van der Waals surface area contributed by atoms with E-state index in [1.807, 2.05) is 18.2 Å². The third-order valence-corrected chi connectivity index (χ3v) is 3.35. The van der Waals surface area contributed by atoms with Crippen LogP contribution in [0.5, 0.6) is 5.75 Å². The number of ether oxygens (including phenoxy) is 2. The van der Waals surface area contributed by atoms with E-state index in [0.29, 0.717) is 6.61 Å². The minimum atomic E-state index is 0.252. The smallest absolute Gasteiger partial charge is 0.184 e. The molecule has 0 aliphatic heterocycles. The number of benzene rings is 1. The third kappa shape index (κ3) is 2.87. The minimum absolute atomic E-state index is 0.252. The molecule has 1 aromatic heterocycles. The summed E-state index contributed by atoms with van der Waals surface area (Å²) in [6.45, 7) is 2.73. The van der Waals surface area contributed by atoms with Crippen molar-refractivity contribution < 1.29 is 9.47 Å². The first-order chi connectivity index (χ1) is 8.22. The number of rotatable bonds is 5. The molecule has 0 aliphatic rings. The van der Waals surface area contributed by atoms with Crippen molar-refractivity contribution >= 4 is 26.7 Å². The van der Waals surface area contributed by atoms with Gasteiger partial charge in [0.1, 0.15) is 5.75 Å². The van der Waals surface area contributed by atoms with E-state index in [0.717, 1.165) is 21.1 Å². The molecule has 4 nitrogen and oxygen atoms in total. The monoisotopic (exact) mass is 252 g/mol. The molecule has 0 fully saturated rings. The molecule has 1 aromatic carbocycles. The maximum Gasteiger partial charge on any atom is 0.184 e. The summed E-state index contributed by atoms with van der Waals surface area (Å²) in [4.78, 5) is 4.52. The highest BCUT2D eigenvalue weighted by molar-refractivity contribution is 7.22. The van der Waals surface area contributed by atoms with Crippen LogP contribution in [-0.2, 0) is 4.74 Å². The maximum absolute atomic E-state index is 5.18. The molecule has 17 heavy (non-hydrogen) atoms. The van der Waals surface area contributed by atoms with E-state index in [2.05, 4.69) is 17.2 Å².